The fourth-order valence-corrected chi connectivity index (χ4v) is 7.33. The molecule has 3 aliphatic rings. The van der Waals surface area contributed by atoms with Crippen LogP contribution < -0.4 is 9.64 Å². The molecule has 1 aromatic heterocycles. The topological polar surface area (TPSA) is 78.7 Å². The highest BCUT2D eigenvalue weighted by Gasteiger charge is 2.42. The average molecular weight is 557 g/mol. The zero-order chi connectivity index (χ0) is 27.6. The highest BCUT2D eigenvalue weighted by Crippen LogP contribution is 2.43. The molecule has 3 unspecified atom stereocenters. The molecule has 3 heterocycles. The van der Waals surface area contributed by atoms with Gasteiger partial charge < -0.3 is 19.2 Å². The van der Waals surface area contributed by atoms with E-state index in [4.69, 9.17) is 14.5 Å². The van der Waals surface area contributed by atoms with Crippen molar-refractivity contribution in [3.63, 3.8) is 0 Å². The molecule has 0 spiro atoms. The fourth-order valence-electron chi connectivity index (χ4n) is 6.48. The molecule has 40 heavy (non-hydrogen) atoms. The van der Waals surface area contributed by atoms with E-state index in [-0.39, 0.29) is 5.92 Å². The van der Waals surface area contributed by atoms with Crippen LogP contribution in [-0.4, -0.2) is 55.1 Å². The number of morpholine rings is 1. The average Bonchev–Trinajstić information content (AvgIpc) is 3.55. The van der Waals surface area contributed by atoms with Crippen molar-refractivity contribution >= 4 is 22.8 Å². The number of aldehydes is 1. The molecule has 2 bridgehead atoms. The summed E-state index contributed by atoms with van der Waals surface area (Å²) in [5.41, 5.74) is 5.66. The summed E-state index contributed by atoms with van der Waals surface area (Å²) in [6.07, 6.45) is 3.45. The van der Waals surface area contributed by atoms with Crippen LogP contribution in [0.25, 0.3) is 11.3 Å². The van der Waals surface area contributed by atoms with Gasteiger partial charge in [-0.15, -0.1) is 11.3 Å². The van der Waals surface area contributed by atoms with Crippen molar-refractivity contribution in [2.45, 2.75) is 45.9 Å². The molecule has 8 heteroatoms. The summed E-state index contributed by atoms with van der Waals surface area (Å²) in [4.78, 5) is 21.4. The quantitative estimate of drug-likeness (QED) is 0.341. The lowest BCUT2D eigenvalue weighted by molar-refractivity contribution is -0.113. The van der Waals surface area contributed by atoms with Crippen molar-refractivity contribution in [1.29, 1.82) is 5.26 Å². The van der Waals surface area contributed by atoms with E-state index in [2.05, 4.69) is 47.2 Å². The molecule has 1 aliphatic carbocycles. The molecule has 6 rings (SSSR count). The van der Waals surface area contributed by atoms with Crippen molar-refractivity contribution in [2.75, 3.05) is 37.7 Å². The number of ether oxygens (including phenoxy) is 2. The lowest BCUT2D eigenvalue weighted by Gasteiger charge is -2.35. The first-order valence-corrected chi connectivity index (χ1v) is 15.1. The highest BCUT2D eigenvalue weighted by molar-refractivity contribution is 7.14. The Labute approximate surface area is 240 Å². The molecule has 3 aromatic rings. The molecule has 1 saturated carbocycles. The third-order valence-corrected chi connectivity index (χ3v) is 9.71. The Morgan fingerprint density at radius 2 is 2.02 bits per heavy atom. The van der Waals surface area contributed by atoms with E-state index in [1.165, 1.54) is 6.29 Å². The maximum atomic E-state index is 11.6. The van der Waals surface area contributed by atoms with Gasteiger partial charge in [0.2, 0.25) is 0 Å². The van der Waals surface area contributed by atoms with Crippen LogP contribution in [0.15, 0.2) is 41.8 Å². The molecule has 0 radical (unpaired) electrons. The van der Waals surface area contributed by atoms with Crippen LogP contribution in [-0.2, 0) is 22.7 Å². The van der Waals surface area contributed by atoms with Crippen molar-refractivity contribution < 1.29 is 14.3 Å². The first-order valence-electron chi connectivity index (χ1n) is 14.3. The molecule has 2 saturated heterocycles. The van der Waals surface area contributed by atoms with Gasteiger partial charge in [-0.2, -0.15) is 5.26 Å². The van der Waals surface area contributed by atoms with Gasteiger partial charge in [0.25, 0.3) is 0 Å². The van der Waals surface area contributed by atoms with E-state index in [1.807, 2.05) is 24.3 Å². The maximum absolute atomic E-state index is 11.6. The smallest absolute Gasteiger partial charge is 0.185 e. The Balaban J connectivity index is 1.17. The minimum Gasteiger partial charge on any atom is -0.488 e. The summed E-state index contributed by atoms with van der Waals surface area (Å²) < 4.78 is 11.9. The van der Waals surface area contributed by atoms with E-state index in [0.29, 0.717) is 30.0 Å². The molecule has 3 atom stereocenters. The van der Waals surface area contributed by atoms with E-state index in [0.717, 1.165) is 91.1 Å². The molecule has 2 aliphatic heterocycles. The largest absolute Gasteiger partial charge is 0.488 e. The molecule has 0 amide bonds. The van der Waals surface area contributed by atoms with Crippen molar-refractivity contribution in [1.82, 2.24) is 9.88 Å². The predicted octanol–water partition coefficient (Wildman–Crippen LogP) is 5.45. The Morgan fingerprint density at radius 1 is 1.20 bits per heavy atom. The van der Waals surface area contributed by atoms with Gasteiger partial charge in [0.05, 0.1) is 30.5 Å². The fraction of sp³-hybridized carbons (Fsp3) is 0.469. The number of anilines is 1. The van der Waals surface area contributed by atoms with Crippen LogP contribution in [0.3, 0.4) is 0 Å². The number of piperidine rings is 1. The van der Waals surface area contributed by atoms with Crippen molar-refractivity contribution in [2.24, 2.45) is 17.8 Å². The van der Waals surface area contributed by atoms with Crippen LogP contribution in [0.2, 0.25) is 0 Å². The van der Waals surface area contributed by atoms with Gasteiger partial charge in [-0.3, -0.25) is 4.90 Å². The number of benzene rings is 2. The second kappa shape index (κ2) is 11.7. The maximum Gasteiger partial charge on any atom is 0.185 e. The molecule has 0 N–H and O–H groups in total. The number of rotatable bonds is 8. The van der Waals surface area contributed by atoms with Gasteiger partial charge in [-0.1, -0.05) is 23.8 Å². The minimum atomic E-state index is 0.211. The number of fused-ring (bicyclic) bond motifs is 2. The SMILES string of the molecule is Cc1ccc(OCc2ccc(CN3CCOCC3C)cc2C#N)c(-c2csc(N3CC4CCC(C3)C4C=O)n2)c1. The summed E-state index contributed by atoms with van der Waals surface area (Å²) in [5.74, 6) is 1.86. The first-order chi connectivity index (χ1) is 19.5. The molecule has 3 fully saturated rings. The Kier molecular flexibility index (Phi) is 7.88. The van der Waals surface area contributed by atoms with Crippen LogP contribution in [0.1, 0.15) is 42.0 Å². The second-order valence-electron chi connectivity index (χ2n) is 11.5. The van der Waals surface area contributed by atoms with E-state index in [9.17, 15) is 10.1 Å². The lowest BCUT2D eigenvalue weighted by Crippen LogP contribution is -2.42. The number of aromatic nitrogens is 1. The molecular weight excluding hydrogens is 520 g/mol. The van der Waals surface area contributed by atoms with Crippen molar-refractivity contribution in [3.05, 3.63) is 64.0 Å². The number of hydrogen-bond donors (Lipinski definition) is 0. The van der Waals surface area contributed by atoms with E-state index in [1.54, 1.807) is 11.3 Å². The number of carbonyl (C=O) groups excluding carboxylic acids is 1. The van der Waals surface area contributed by atoms with Crippen LogP contribution in [0, 0.1) is 36.0 Å². The Morgan fingerprint density at radius 3 is 2.77 bits per heavy atom. The number of carbonyl (C=O) groups is 1. The number of nitrogens with zero attached hydrogens (tertiary/aromatic N) is 4. The molecular formula is C32H36N4O3S. The summed E-state index contributed by atoms with van der Waals surface area (Å²) >= 11 is 1.66. The minimum absolute atomic E-state index is 0.211. The highest BCUT2D eigenvalue weighted by atomic mass is 32.1. The molecule has 7 nitrogen and oxygen atoms in total. The zero-order valence-corrected chi connectivity index (χ0v) is 24.0. The number of nitriles is 1. The summed E-state index contributed by atoms with van der Waals surface area (Å²) in [7, 11) is 0. The van der Waals surface area contributed by atoms with Crippen LogP contribution in [0.4, 0.5) is 5.13 Å². The van der Waals surface area contributed by atoms with E-state index < -0.39 is 0 Å². The monoisotopic (exact) mass is 556 g/mol. The molecule has 208 valence electrons. The van der Waals surface area contributed by atoms with Gasteiger partial charge in [-0.25, -0.2) is 4.98 Å². The summed E-state index contributed by atoms with van der Waals surface area (Å²) in [5, 5.41) is 13.0. The molecule has 2 aromatic carbocycles. The van der Waals surface area contributed by atoms with Gasteiger partial charge in [0.15, 0.2) is 5.13 Å². The van der Waals surface area contributed by atoms with Crippen LogP contribution in [0.5, 0.6) is 5.75 Å². The van der Waals surface area contributed by atoms with Gasteiger partial charge in [-0.05, 0) is 62.3 Å². The van der Waals surface area contributed by atoms with Gasteiger partial charge in [0.1, 0.15) is 18.6 Å². The number of thiazole rings is 1. The Bertz CT molecular complexity index is 1400. The first kappa shape index (κ1) is 26.9. The second-order valence-corrected chi connectivity index (χ2v) is 12.4. The van der Waals surface area contributed by atoms with Gasteiger partial charge in [0, 0.05) is 54.6 Å². The normalized spacial score (nSPS) is 24.6. The third-order valence-electron chi connectivity index (χ3n) is 8.81. The zero-order valence-electron chi connectivity index (χ0n) is 23.2. The predicted molar refractivity (Wildman–Crippen MR) is 156 cm³/mol. The third kappa shape index (κ3) is 5.51. The standard InChI is InChI=1S/C32H36N4O3S/c1-21-3-8-31(39-19-26-5-4-23(12-27(26)13-33)14-35-9-10-38-18-22(35)2)28(11-21)30-20-40-32(34-30)36-15-24-6-7-25(16-36)29(24)17-37/h3-5,8,11-12,17,20,22,24-25,29H,6-7,9-10,14-16,18-19H2,1-2H3. The summed E-state index contributed by atoms with van der Waals surface area (Å²) in [6.45, 7) is 9.58. The number of hydrogen-bond acceptors (Lipinski definition) is 8. The Hall–Kier alpha value is -3.25. The van der Waals surface area contributed by atoms with Crippen molar-refractivity contribution in [3.8, 4) is 23.1 Å². The van der Waals surface area contributed by atoms with Crippen LogP contribution >= 0.6 is 11.3 Å². The summed E-state index contributed by atoms with van der Waals surface area (Å²) in [6, 6.07) is 15.0. The van der Waals surface area contributed by atoms with E-state index >= 15 is 0 Å². The number of aryl methyl sites for hydroxylation is 1. The van der Waals surface area contributed by atoms with Gasteiger partial charge >= 0.3 is 0 Å². The lowest BCUT2D eigenvalue weighted by atomic mass is 9.87.